The highest BCUT2D eigenvalue weighted by atomic mass is 127. The van der Waals surface area contributed by atoms with Gasteiger partial charge in [-0.2, -0.15) is 0 Å². The Morgan fingerprint density at radius 3 is 2.80 bits per heavy atom. The molecule has 5 heteroatoms. The molecule has 2 aromatic carbocycles. The van der Waals surface area contributed by atoms with Crippen LogP contribution in [0.1, 0.15) is 12.5 Å². The zero-order chi connectivity index (χ0) is 14.5. The van der Waals surface area contributed by atoms with Gasteiger partial charge in [0, 0.05) is 26.4 Å². The molecule has 0 bridgehead atoms. The Kier molecular flexibility index (Phi) is 5.37. The molecule has 0 spiro atoms. The summed E-state index contributed by atoms with van der Waals surface area (Å²) in [5.41, 5.74) is 1.78. The van der Waals surface area contributed by atoms with Crippen molar-refractivity contribution in [3.8, 4) is 11.5 Å². The van der Waals surface area contributed by atoms with Crippen molar-refractivity contribution in [3.63, 3.8) is 0 Å². The SMILES string of the molecule is CCOc1cccc(CNc2ccc(Cl)cc2I)c1O. The molecule has 0 unspecified atom stereocenters. The summed E-state index contributed by atoms with van der Waals surface area (Å²) >= 11 is 8.15. The monoisotopic (exact) mass is 403 g/mol. The second-order valence-corrected chi connectivity index (χ2v) is 5.77. The van der Waals surface area contributed by atoms with E-state index in [4.69, 9.17) is 16.3 Å². The van der Waals surface area contributed by atoms with E-state index in [2.05, 4.69) is 27.9 Å². The van der Waals surface area contributed by atoms with E-state index in [0.717, 1.165) is 14.8 Å². The quantitative estimate of drug-likeness (QED) is 0.714. The van der Waals surface area contributed by atoms with E-state index in [1.807, 2.05) is 37.3 Å². The second-order valence-electron chi connectivity index (χ2n) is 4.17. The van der Waals surface area contributed by atoms with Gasteiger partial charge in [-0.3, -0.25) is 0 Å². The van der Waals surface area contributed by atoms with Crippen LogP contribution in [0.15, 0.2) is 36.4 Å². The van der Waals surface area contributed by atoms with Crippen molar-refractivity contribution >= 4 is 39.9 Å². The molecular weight excluding hydrogens is 389 g/mol. The van der Waals surface area contributed by atoms with Crippen molar-refractivity contribution in [2.45, 2.75) is 13.5 Å². The first-order valence-corrected chi connectivity index (χ1v) is 7.70. The molecule has 0 amide bonds. The number of para-hydroxylation sites is 1. The van der Waals surface area contributed by atoms with Gasteiger partial charge in [-0.1, -0.05) is 23.7 Å². The third-order valence-corrected chi connectivity index (χ3v) is 3.91. The molecular formula is C15H15ClINO2. The van der Waals surface area contributed by atoms with E-state index in [1.165, 1.54) is 0 Å². The number of aromatic hydroxyl groups is 1. The zero-order valence-corrected chi connectivity index (χ0v) is 13.9. The van der Waals surface area contributed by atoms with E-state index < -0.39 is 0 Å². The normalized spacial score (nSPS) is 10.3. The second kappa shape index (κ2) is 7.04. The van der Waals surface area contributed by atoms with Crippen LogP contribution in [0.2, 0.25) is 5.02 Å². The van der Waals surface area contributed by atoms with Gasteiger partial charge in [0.1, 0.15) is 0 Å². The molecule has 0 saturated carbocycles. The fourth-order valence-corrected chi connectivity index (χ4v) is 2.87. The Hall–Kier alpha value is -1.14. The Labute approximate surface area is 137 Å². The summed E-state index contributed by atoms with van der Waals surface area (Å²) in [6.07, 6.45) is 0. The highest BCUT2D eigenvalue weighted by molar-refractivity contribution is 14.1. The number of anilines is 1. The van der Waals surface area contributed by atoms with Gasteiger partial charge in [-0.15, -0.1) is 0 Å². The fourth-order valence-electron chi connectivity index (χ4n) is 1.81. The molecule has 0 aliphatic heterocycles. The maximum absolute atomic E-state index is 10.1. The third kappa shape index (κ3) is 3.70. The van der Waals surface area contributed by atoms with Crippen LogP contribution in [0, 0.1) is 3.57 Å². The zero-order valence-electron chi connectivity index (χ0n) is 11.0. The summed E-state index contributed by atoms with van der Waals surface area (Å²) in [7, 11) is 0. The summed E-state index contributed by atoms with van der Waals surface area (Å²) in [6.45, 7) is 2.93. The van der Waals surface area contributed by atoms with E-state index >= 15 is 0 Å². The van der Waals surface area contributed by atoms with Gasteiger partial charge in [-0.05, 0) is 53.8 Å². The molecule has 2 aromatic rings. The van der Waals surface area contributed by atoms with Crippen molar-refractivity contribution in [2.24, 2.45) is 0 Å². The van der Waals surface area contributed by atoms with Gasteiger partial charge >= 0.3 is 0 Å². The molecule has 0 saturated heterocycles. The van der Waals surface area contributed by atoms with Gasteiger partial charge < -0.3 is 15.2 Å². The van der Waals surface area contributed by atoms with Crippen LogP contribution in [0.4, 0.5) is 5.69 Å². The first-order valence-electron chi connectivity index (χ1n) is 6.24. The highest BCUT2D eigenvalue weighted by Gasteiger charge is 2.08. The summed E-state index contributed by atoms with van der Waals surface area (Å²) in [5, 5.41) is 14.1. The molecule has 0 atom stereocenters. The number of phenols is 1. The van der Waals surface area contributed by atoms with Crippen LogP contribution in [-0.2, 0) is 6.54 Å². The highest BCUT2D eigenvalue weighted by Crippen LogP contribution is 2.31. The summed E-state index contributed by atoms with van der Waals surface area (Å²) < 4.78 is 6.41. The Bertz CT molecular complexity index is 604. The van der Waals surface area contributed by atoms with Gasteiger partial charge in [0.2, 0.25) is 0 Å². The lowest BCUT2D eigenvalue weighted by atomic mass is 10.2. The standard InChI is InChI=1S/C15H15ClINO2/c1-2-20-14-5-3-4-10(15(14)19)9-18-13-7-6-11(16)8-12(13)17/h3-8,18-19H,2,9H2,1H3. The lowest BCUT2D eigenvalue weighted by molar-refractivity contribution is 0.317. The number of halogens is 2. The average molecular weight is 404 g/mol. The van der Waals surface area contributed by atoms with E-state index in [-0.39, 0.29) is 5.75 Å². The minimum atomic E-state index is 0.186. The van der Waals surface area contributed by atoms with Crippen molar-refractivity contribution in [1.82, 2.24) is 0 Å². The lowest BCUT2D eigenvalue weighted by Crippen LogP contribution is -2.02. The van der Waals surface area contributed by atoms with Gasteiger partial charge in [0.25, 0.3) is 0 Å². The molecule has 106 valence electrons. The molecule has 0 fully saturated rings. The van der Waals surface area contributed by atoms with Gasteiger partial charge in [0.15, 0.2) is 11.5 Å². The summed E-state index contributed by atoms with van der Waals surface area (Å²) in [4.78, 5) is 0. The van der Waals surface area contributed by atoms with Gasteiger partial charge in [-0.25, -0.2) is 0 Å². The van der Waals surface area contributed by atoms with Gasteiger partial charge in [0.05, 0.1) is 6.61 Å². The minimum absolute atomic E-state index is 0.186. The predicted molar refractivity (Wildman–Crippen MR) is 90.8 cm³/mol. The number of ether oxygens (including phenoxy) is 1. The maximum atomic E-state index is 10.1. The number of hydrogen-bond donors (Lipinski definition) is 2. The van der Waals surface area contributed by atoms with Crippen LogP contribution in [0.25, 0.3) is 0 Å². The number of hydrogen-bond acceptors (Lipinski definition) is 3. The van der Waals surface area contributed by atoms with E-state index in [0.29, 0.717) is 23.9 Å². The van der Waals surface area contributed by atoms with Crippen molar-refractivity contribution in [1.29, 1.82) is 0 Å². The average Bonchev–Trinajstić information content (AvgIpc) is 2.42. The number of rotatable bonds is 5. The topological polar surface area (TPSA) is 41.5 Å². The van der Waals surface area contributed by atoms with Crippen LogP contribution in [0.5, 0.6) is 11.5 Å². The Morgan fingerprint density at radius 2 is 2.10 bits per heavy atom. The summed E-state index contributed by atoms with van der Waals surface area (Å²) in [6, 6.07) is 11.1. The molecule has 0 heterocycles. The van der Waals surface area contributed by atoms with Crippen molar-refractivity contribution in [3.05, 3.63) is 50.6 Å². The molecule has 20 heavy (non-hydrogen) atoms. The maximum Gasteiger partial charge on any atom is 0.162 e. The van der Waals surface area contributed by atoms with Crippen LogP contribution < -0.4 is 10.1 Å². The predicted octanol–water partition coefficient (Wildman–Crippen LogP) is 4.66. The Balaban J connectivity index is 2.12. The number of nitrogens with one attached hydrogen (secondary N) is 1. The first-order chi connectivity index (χ1) is 9.61. The summed E-state index contributed by atoms with van der Waals surface area (Å²) in [5.74, 6) is 0.698. The molecule has 0 aromatic heterocycles. The fraction of sp³-hybridized carbons (Fsp3) is 0.200. The van der Waals surface area contributed by atoms with Crippen LogP contribution in [-0.4, -0.2) is 11.7 Å². The first kappa shape index (κ1) is 15.3. The largest absolute Gasteiger partial charge is 0.504 e. The molecule has 2 N–H and O–H groups in total. The van der Waals surface area contributed by atoms with E-state index in [1.54, 1.807) is 6.07 Å². The van der Waals surface area contributed by atoms with Crippen molar-refractivity contribution in [2.75, 3.05) is 11.9 Å². The third-order valence-electron chi connectivity index (χ3n) is 2.78. The Morgan fingerprint density at radius 1 is 1.30 bits per heavy atom. The number of benzene rings is 2. The number of phenolic OH excluding ortho intramolecular Hbond substituents is 1. The lowest BCUT2D eigenvalue weighted by Gasteiger charge is -2.12. The molecule has 3 nitrogen and oxygen atoms in total. The molecule has 2 rings (SSSR count). The minimum Gasteiger partial charge on any atom is -0.504 e. The molecule has 0 aliphatic rings. The smallest absolute Gasteiger partial charge is 0.162 e. The van der Waals surface area contributed by atoms with Crippen LogP contribution in [0.3, 0.4) is 0 Å². The van der Waals surface area contributed by atoms with Crippen LogP contribution >= 0.6 is 34.2 Å². The van der Waals surface area contributed by atoms with Crippen molar-refractivity contribution < 1.29 is 9.84 Å². The van der Waals surface area contributed by atoms with E-state index in [9.17, 15) is 5.11 Å². The molecule has 0 aliphatic carbocycles. The molecule has 0 radical (unpaired) electrons.